The highest BCUT2D eigenvalue weighted by Crippen LogP contribution is 2.50. The standard InChI is InChI=1S/C21H14Cl2F9N3O2S/c1-8-10-5-35(6-13(10)38-16(8)17(36)33-7-19(25,26)21(30,31)32)14-4-18(37-34-14,20(27,28)29)9-2-11(22)15(24)12(23)3-9/h2-3H,4-7H2,1H3,(H,33,36). The van der Waals surface area contributed by atoms with Crippen molar-refractivity contribution in [2.75, 3.05) is 6.54 Å². The van der Waals surface area contributed by atoms with E-state index in [2.05, 4.69) is 5.16 Å². The summed E-state index contributed by atoms with van der Waals surface area (Å²) in [5.74, 6) is -7.50. The molecule has 1 N–H and O–H groups in total. The molecule has 1 amide bonds. The summed E-state index contributed by atoms with van der Waals surface area (Å²) in [6.45, 7) is -0.585. The van der Waals surface area contributed by atoms with Crippen LogP contribution in [0.4, 0.5) is 39.5 Å². The Morgan fingerprint density at radius 3 is 2.26 bits per heavy atom. The molecule has 38 heavy (non-hydrogen) atoms. The molecule has 2 aromatic rings. The van der Waals surface area contributed by atoms with Gasteiger partial charge >= 0.3 is 18.3 Å². The number of carbonyl (C=O) groups is 1. The SMILES string of the molecule is Cc1c(C(=O)NCC(F)(F)C(F)(F)F)sc2c1CN(C1=NOC(c3cc(Cl)c(F)c(Cl)c3)(C(F)(F)F)C1)C2. The Labute approximate surface area is 222 Å². The summed E-state index contributed by atoms with van der Waals surface area (Å²) in [6, 6.07) is 1.49. The molecule has 0 radical (unpaired) electrons. The van der Waals surface area contributed by atoms with Gasteiger partial charge in [0.25, 0.3) is 11.5 Å². The highest BCUT2D eigenvalue weighted by molar-refractivity contribution is 7.14. The van der Waals surface area contributed by atoms with E-state index < -0.39 is 64.2 Å². The first kappa shape index (κ1) is 28.6. The normalized spacial score (nSPS) is 19.9. The van der Waals surface area contributed by atoms with Crippen molar-refractivity contribution in [3.8, 4) is 0 Å². The van der Waals surface area contributed by atoms with Gasteiger partial charge in [-0.25, -0.2) is 4.39 Å². The van der Waals surface area contributed by atoms with Crippen LogP contribution < -0.4 is 5.32 Å². The number of carbonyl (C=O) groups excluding carboxylic acids is 1. The van der Waals surface area contributed by atoms with Gasteiger partial charge in [0.15, 0.2) is 5.82 Å². The number of hydrogen-bond donors (Lipinski definition) is 1. The summed E-state index contributed by atoms with van der Waals surface area (Å²) in [5.41, 5.74) is -2.81. The lowest BCUT2D eigenvalue weighted by molar-refractivity contribution is -0.278. The van der Waals surface area contributed by atoms with E-state index in [1.807, 2.05) is 0 Å². The number of nitrogens with zero attached hydrogens (tertiary/aromatic N) is 2. The Hall–Kier alpha value is -2.39. The molecule has 0 bridgehead atoms. The van der Waals surface area contributed by atoms with Gasteiger partial charge in [-0.15, -0.1) is 11.3 Å². The van der Waals surface area contributed by atoms with E-state index in [1.54, 1.807) is 5.32 Å². The Morgan fingerprint density at radius 1 is 1.13 bits per heavy atom. The van der Waals surface area contributed by atoms with Gasteiger partial charge < -0.3 is 15.1 Å². The molecule has 1 atom stereocenters. The number of nitrogens with one attached hydrogen (secondary N) is 1. The predicted octanol–water partition coefficient (Wildman–Crippen LogP) is 6.94. The first-order valence-electron chi connectivity index (χ1n) is 10.4. The Balaban J connectivity index is 1.51. The molecule has 17 heteroatoms. The second-order valence-electron chi connectivity index (χ2n) is 8.55. The van der Waals surface area contributed by atoms with Crippen LogP contribution in [0.3, 0.4) is 0 Å². The molecule has 0 saturated carbocycles. The van der Waals surface area contributed by atoms with Gasteiger partial charge in [0.05, 0.1) is 34.4 Å². The zero-order valence-electron chi connectivity index (χ0n) is 18.8. The number of benzene rings is 1. The third-order valence-electron chi connectivity index (χ3n) is 6.12. The number of hydrogen-bond acceptors (Lipinski definition) is 5. The van der Waals surface area contributed by atoms with Crippen LogP contribution in [-0.2, 0) is 23.5 Å². The molecule has 0 spiro atoms. The fourth-order valence-corrected chi connectivity index (χ4v) is 5.72. The summed E-state index contributed by atoms with van der Waals surface area (Å²) in [4.78, 5) is 19.0. The van der Waals surface area contributed by atoms with Crippen molar-refractivity contribution in [3.05, 3.63) is 54.4 Å². The Bertz CT molecular complexity index is 1300. The minimum absolute atomic E-state index is 0.0338. The molecule has 1 aromatic carbocycles. The lowest BCUT2D eigenvalue weighted by atomic mass is 9.89. The molecule has 5 nitrogen and oxygen atoms in total. The average molecular weight is 614 g/mol. The van der Waals surface area contributed by atoms with Crippen molar-refractivity contribution in [1.29, 1.82) is 0 Å². The van der Waals surface area contributed by atoms with Crippen LogP contribution in [0.15, 0.2) is 17.3 Å². The zero-order valence-corrected chi connectivity index (χ0v) is 21.1. The third kappa shape index (κ3) is 4.76. The molecule has 208 valence electrons. The lowest BCUT2D eigenvalue weighted by Crippen LogP contribution is -2.46. The van der Waals surface area contributed by atoms with Crippen LogP contribution in [0.2, 0.25) is 10.0 Å². The van der Waals surface area contributed by atoms with E-state index in [4.69, 9.17) is 28.0 Å². The second-order valence-corrected chi connectivity index (χ2v) is 10.5. The van der Waals surface area contributed by atoms with Crippen LogP contribution in [0, 0.1) is 12.7 Å². The monoisotopic (exact) mass is 613 g/mol. The molecule has 1 aromatic heterocycles. The maximum Gasteiger partial charge on any atom is 0.455 e. The number of fused-ring (bicyclic) bond motifs is 1. The fraction of sp³-hybridized carbons (Fsp3) is 0.429. The van der Waals surface area contributed by atoms with E-state index in [-0.39, 0.29) is 29.4 Å². The molecule has 1 unspecified atom stereocenters. The van der Waals surface area contributed by atoms with Crippen molar-refractivity contribution in [1.82, 2.24) is 10.2 Å². The van der Waals surface area contributed by atoms with Gasteiger partial charge in [-0.3, -0.25) is 4.79 Å². The van der Waals surface area contributed by atoms with Crippen molar-refractivity contribution in [2.45, 2.75) is 50.3 Å². The predicted molar refractivity (Wildman–Crippen MR) is 119 cm³/mol. The largest absolute Gasteiger partial charge is 0.455 e. The van der Waals surface area contributed by atoms with Crippen molar-refractivity contribution >= 4 is 46.3 Å². The number of oxime groups is 1. The summed E-state index contributed by atoms with van der Waals surface area (Å²) in [5, 5.41) is 3.88. The molecule has 0 fully saturated rings. The molecular formula is C21H14Cl2F9N3O2S. The van der Waals surface area contributed by atoms with Crippen LogP contribution >= 0.6 is 34.5 Å². The van der Waals surface area contributed by atoms with E-state index in [0.29, 0.717) is 10.4 Å². The van der Waals surface area contributed by atoms with Gasteiger partial charge in [0, 0.05) is 17.0 Å². The summed E-state index contributed by atoms with van der Waals surface area (Å²) < 4.78 is 120. The summed E-state index contributed by atoms with van der Waals surface area (Å²) in [7, 11) is 0. The van der Waals surface area contributed by atoms with Gasteiger partial charge in [0.2, 0.25) is 0 Å². The third-order valence-corrected chi connectivity index (χ3v) is 7.99. The van der Waals surface area contributed by atoms with Gasteiger partial charge in [0.1, 0.15) is 5.84 Å². The lowest BCUT2D eigenvalue weighted by Gasteiger charge is -2.30. The second kappa shape index (κ2) is 9.37. The molecule has 4 rings (SSSR count). The number of thiophene rings is 1. The summed E-state index contributed by atoms with van der Waals surface area (Å²) >= 11 is 12.2. The van der Waals surface area contributed by atoms with Crippen molar-refractivity contribution in [3.63, 3.8) is 0 Å². The zero-order chi connectivity index (χ0) is 28.4. The Morgan fingerprint density at radius 2 is 1.74 bits per heavy atom. The maximum absolute atomic E-state index is 14.2. The average Bonchev–Trinajstić information content (AvgIpc) is 3.49. The highest BCUT2D eigenvalue weighted by atomic mass is 35.5. The number of amidine groups is 1. The van der Waals surface area contributed by atoms with Crippen LogP contribution in [0.1, 0.15) is 37.7 Å². The molecule has 0 aliphatic carbocycles. The molecule has 0 saturated heterocycles. The molecule has 2 aliphatic rings. The highest BCUT2D eigenvalue weighted by Gasteiger charge is 2.63. The molecule has 3 heterocycles. The number of alkyl halides is 8. The number of rotatable bonds is 4. The maximum atomic E-state index is 14.2. The van der Waals surface area contributed by atoms with Crippen molar-refractivity contribution in [2.24, 2.45) is 5.16 Å². The first-order valence-corrected chi connectivity index (χ1v) is 12.0. The van der Waals surface area contributed by atoms with E-state index in [1.165, 1.54) is 11.8 Å². The number of halogens is 11. The summed E-state index contributed by atoms with van der Waals surface area (Å²) in [6.07, 6.45) is -11.7. The van der Waals surface area contributed by atoms with Crippen LogP contribution in [-0.4, -0.2) is 41.5 Å². The van der Waals surface area contributed by atoms with Gasteiger partial charge in [-0.1, -0.05) is 28.4 Å². The first-order chi connectivity index (χ1) is 17.4. The topological polar surface area (TPSA) is 53.9 Å². The number of amides is 1. The van der Waals surface area contributed by atoms with E-state index in [9.17, 15) is 44.3 Å². The quantitative estimate of drug-likeness (QED) is 0.300. The minimum Gasteiger partial charge on any atom is -0.372 e. The van der Waals surface area contributed by atoms with Crippen molar-refractivity contribution < 1.29 is 49.1 Å². The fourth-order valence-electron chi connectivity index (χ4n) is 3.98. The van der Waals surface area contributed by atoms with E-state index in [0.717, 1.165) is 23.5 Å². The Kier molecular flexibility index (Phi) is 7.05. The molecular weight excluding hydrogens is 600 g/mol. The van der Waals surface area contributed by atoms with Crippen LogP contribution in [0.5, 0.6) is 0 Å². The van der Waals surface area contributed by atoms with E-state index >= 15 is 0 Å². The smallest absolute Gasteiger partial charge is 0.372 e. The molecule has 2 aliphatic heterocycles. The van der Waals surface area contributed by atoms with Gasteiger partial charge in [-0.2, -0.15) is 35.1 Å². The minimum atomic E-state index is -5.84. The van der Waals surface area contributed by atoms with Gasteiger partial charge in [-0.05, 0) is 30.2 Å². The van der Waals surface area contributed by atoms with Crippen LogP contribution in [0.25, 0.3) is 0 Å².